The van der Waals surface area contributed by atoms with E-state index in [1.807, 2.05) is 30.3 Å². The number of aromatic nitrogens is 2. The van der Waals surface area contributed by atoms with E-state index in [0.717, 1.165) is 5.56 Å². The van der Waals surface area contributed by atoms with Crippen LogP contribution in [0.3, 0.4) is 0 Å². The molecule has 0 saturated heterocycles. The van der Waals surface area contributed by atoms with E-state index in [1.165, 1.54) is 0 Å². The van der Waals surface area contributed by atoms with Gasteiger partial charge in [-0.05, 0) is 11.0 Å². The smallest absolute Gasteiger partial charge is 0.231 e. The van der Waals surface area contributed by atoms with E-state index in [9.17, 15) is 0 Å². The molecule has 0 aliphatic rings. The Morgan fingerprint density at radius 3 is 2.50 bits per heavy atom. The van der Waals surface area contributed by atoms with Crippen molar-refractivity contribution in [2.75, 3.05) is 0 Å². The SMILES string of the molecule is CC(C)(C)C(N)c1noc(Cc2ccccc2)n1. The molecular formula is C14H19N3O. The summed E-state index contributed by atoms with van der Waals surface area (Å²) in [5.41, 5.74) is 7.17. The molecule has 1 heterocycles. The fraction of sp³-hybridized carbons (Fsp3) is 0.429. The first-order chi connectivity index (χ1) is 8.47. The van der Waals surface area contributed by atoms with Crippen LogP contribution in [0.2, 0.25) is 0 Å². The number of hydrogen-bond acceptors (Lipinski definition) is 4. The molecule has 0 bridgehead atoms. The summed E-state index contributed by atoms with van der Waals surface area (Å²) in [4.78, 5) is 4.37. The first-order valence-corrected chi connectivity index (χ1v) is 6.09. The molecule has 18 heavy (non-hydrogen) atoms. The van der Waals surface area contributed by atoms with E-state index < -0.39 is 0 Å². The lowest BCUT2D eigenvalue weighted by atomic mass is 9.87. The number of nitrogens with two attached hydrogens (primary N) is 1. The van der Waals surface area contributed by atoms with Gasteiger partial charge < -0.3 is 10.3 Å². The molecule has 96 valence electrons. The van der Waals surface area contributed by atoms with Crippen molar-refractivity contribution in [3.63, 3.8) is 0 Å². The van der Waals surface area contributed by atoms with Gasteiger partial charge in [0.05, 0.1) is 12.5 Å². The second kappa shape index (κ2) is 4.90. The largest absolute Gasteiger partial charge is 0.339 e. The molecule has 1 atom stereocenters. The minimum Gasteiger partial charge on any atom is -0.339 e. The molecule has 1 aromatic heterocycles. The van der Waals surface area contributed by atoms with Crippen molar-refractivity contribution < 1.29 is 4.52 Å². The highest BCUT2D eigenvalue weighted by Crippen LogP contribution is 2.28. The van der Waals surface area contributed by atoms with Crippen molar-refractivity contribution in [1.82, 2.24) is 10.1 Å². The van der Waals surface area contributed by atoms with Crippen LogP contribution in [0.4, 0.5) is 0 Å². The zero-order chi connectivity index (χ0) is 13.2. The Morgan fingerprint density at radius 1 is 1.22 bits per heavy atom. The van der Waals surface area contributed by atoms with E-state index in [1.54, 1.807) is 0 Å². The molecule has 1 unspecified atom stereocenters. The van der Waals surface area contributed by atoms with Gasteiger partial charge in [0.15, 0.2) is 5.82 Å². The molecule has 2 aromatic rings. The molecule has 0 amide bonds. The molecular weight excluding hydrogens is 226 g/mol. The molecule has 0 spiro atoms. The van der Waals surface area contributed by atoms with Crippen molar-refractivity contribution in [3.8, 4) is 0 Å². The van der Waals surface area contributed by atoms with E-state index in [4.69, 9.17) is 10.3 Å². The second-order valence-electron chi connectivity index (χ2n) is 5.55. The number of hydrogen-bond donors (Lipinski definition) is 1. The summed E-state index contributed by atoms with van der Waals surface area (Å²) in [5.74, 6) is 1.18. The van der Waals surface area contributed by atoms with Crippen LogP contribution in [0.25, 0.3) is 0 Å². The van der Waals surface area contributed by atoms with E-state index in [0.29, 0.717) is 18.1 Å². The van der Waals surface area contributed by atoms with Crippen LogP contribution in [-0.4, -0.2) is 10.1 Å². The highest BCUT2D eigenvalue weighted by molar-refractivity contribution is 5.18. The maximum absolute atomic E-state index is 6.09. The Morgan fingerprint density at radius 2 is 1.89 bits per heavy atom. The van der Waals surface area contributed by atoms with Crippen LogP contribution < -0.4 is 5.73 Å². The van der Waals surface area contributed by atoms with Crippen LogP contribution in [-0.2, 0) is 6.42 Å². The molecule has 2 N–H and O–H groups in total. The topological polar surface area (TPSA) is 64.9 Å². The van der Waals surface area contributed by atoms with Crippen molar-refractivity contribution in [2.45, 2.75) is 33.2 Å². The number of nitrogens with zero attached hydrogens (tertiary/aromatic N) is 2. The Labute approximate surface area is 107 Å². The third kappa shape index (κ3) is 2.96. The minimum atomic E-state index is -0.217. The molecule has 0 saturated carbocycles. The van der Waals surface area contributed by atoms with Gasteiger partial charge in [0, 0.05) is 0 Å². The van der Waals surface area contributed by atoms with Gasteiger partial charge in [0.25, 0.3) is 0 Å². The predicted molar refractivity (Wildman–Crippen MR) is 69.9 cm³/mol. The lowest BCUT2D eigenvalue weighted by Gasteiger charge is -2.23. The minimum absolute atomic E-state index is 0.0755. The van der Waals surface area contributed by atoms with Gasteiger partial charge in [-0.1, -0.05) is 56.3 Å². The average molecular weight is 245 g/mol. The van der Waals surface area contributed by atoms with E-state index >= 15 is 0 Å². The quantitative estimate of drug-likeness (QED) is 0.903. The normalized spacial score (nSPS) is 13.6. The molecule has 1 aromatic carbocycles. The summed E-state index contributed by atoms with van der Waals surface area (Å²) in [6.07, 6.45) is 0.644. The van der Waals surface area contributed by atoms with Crippen LogP contribution >= 0.6 is 0 Å². The second-order valence-corrected chi connectivity index (χ2v) is 5.55. The molecule has 2 rings (SSSR count). The van der Waals surface area contributed by atoms with Crippen LogP contribution in [0, 0.1) is 5.41 Å². The average Bonchev–Trinajstić information content (AvgIpc) is 2.76. The Hall–Kier alpha value is -1.68. The van der Waals surface area contributed by atoms with E-state index in [2.05, 4.69) is 30.9 Å². The summed E-state index contributed by atoms with van der Waals surface area (Å²) in [7, 11) is 0. The first kappa shape index (κ1) is 12.8. The maximum atomic E-state index is 6.09. The number of benzene rings is 1. The van der Waals surface area contributed by atoms with Gasteiger partial charge in [-0.15, -0.1) is 0 Å². The zero-order valence-corrected chi connectivity index (χ0v) is 11.1. The summed E-state index contributed by atoms with van der Waals surface area (Å²) < 4.78 is 5.24. The molecule has 4 heteroatoms. The third-order valence-corrected chi connectivity index (χ3v) is 2.89. The molecule has 4 nitrogen and oxygen atoms in total. The lowest BCUT2D eigenvalue weighted by Crippen LogP contribution is -2.27. The van der Waals surface area contributed by atoms with Crippen molar-refractivity contribution in [2.24, 2.45) is 11.1 Å². The standard InChI is InChI=1S/C14H19N3O/c1-14(2,3)12(15)13-16-11(18-17-13)9-10-7-5-4-6-8-10/h4-8,12H,9,15H2,1-3H3. The fourth-order valence-electron chi connectivity index (χ4n) is 1.62. The molecule has 0 fully saturated rings. The summed E-state index contributed by atoms with van der Waals surface area (Å²) in [6.45, 7) is 6.18. The monoisotopic (exact) mass is 245 g/mol. The third-order valence-electron chi connectivity index (χ3n) is 2.89. The van der Waals surface area contributed by atoms with Gasteiger partial charge in [-0.25, -0.2) is 0 Å². The molecule has 0 aliphatic heterocycles. The van der Waals surface area contributed by atoms with Crippen molar-refractivity contribution >= 4 is 0 Å². The van der Waals surface area contributed by atoms with Crippen LogP contribution in [0.1, 0.15) is 44.1 Å². The van der Waals surface area contributed by atoms with Gasteiger partial charge in [-0.3, -0.25) is 0 Å². The summed E-state index contributed by atoms with van der Waals surface area (Å²) >= 11 is 0. The zero-order valence-electron chi connectivity index (χ0n) is 11.1. The van der Waals surface area contributed by atoms with E-state index in [-0.39, 0.29) is 11.5 Å². The lowest BCUT2D eigenvalue weighted by molar-refractivity contribution is 0.301. The van der Waals surface area contributed by atoms with Gasteiger partial charge in [0.2, 0.25) is 5.89 Å². The van der Waals surface area contributed by atoms with Gasteiger partial charge >= 0.3 is 0 Å². The molecule has 0 aliphatic carbocycles. The number of rotatable bonds is 3. The summed E-state index contributed by atoms with van der Waals surface area (Å²) in [5, 5.41) is 3.97. The fourth-order valence-corrected chi connectivity index (χ4v) is 1.62. The molecule has 0 radical (unpaired) electrons. The Balaban J connectivity index is 2.12. The van der Waals surface area contributed by atoms with Crippen molar-refractivity contribution in [1.29, 1.82) is 0 Å². The van der Waals surface area contributed by atoms with Gasteiger partial charge in [-0.2, -0.15) is 4.98 Å². The van der Waals surface area contributed by atoms with Crippen LogP contribution in [0.15, 0.2) is 34.9 Å². The summed E-state index contributed by atoms with van der Waals surface area (Å²) in [6, 6.07) is 9.83. The predicted octanol–water partition coefficient (Wildman–Crippen LogP) is 2.71. The Kier molecular flexibility index (Phi) is 3.48. The maximum Gasteiger partial charge on any atom is 0.231 e. The Bertz CT molecular complexity index is 499. The van der Waals surface area contributed by atoms with Gasteiger partial charge in [0.1, 0.15) is 0 Å². The van der Waals surface area contributed by atoms with Crippen molar-refractivity contribution in [3.05, 3.63) is 47.6 Å². The van der Waals surface area contributed by atoms with Crippen LogP contribution in [0.5, 0.6) is 0 Å². The highest BCUT2D eigenvalue weighted by atomic mass is 16.5. The highest BCUT2D eigenvalue weighted by Gasteiger charge is 2.26. The first-order valence-electron chi connectivity index (χ1n) is 6.09.